The van der Waals surface area contributed by atoms with E-state index in [9.17, 15) is 9.59 Å². The molecule has 0 aromatic carbocycles. The minimum Gasteiger partial charge on any atom is -0.481 e. The Labute approximate surface area is 94.8 Å². The van der Waals surface area contributed by atoms with Gasteiger partial charge in [-0.2, -0.15) is 0 Å². The van der Waals surface area contributed by atoms with Gasteiger partial charge in [0.25, 0.3) is 0 Å². The SMILES string of the molecule is CC(=O)NC1CC(C(=O)O)CN(CCN)C1. The van der Waals surface area contributed by atoms with Crippen LogP contribution < -0.4 is 11.1 Å². The predicted molar refractivity (Wildman–Crippen MR) is 58.8 cm³/mol. The number of nitrogens with two attached hydrogens (primary N) is 1. The standard InChI is InChI=1S/C10H19N3O3/c1-7(14)12-9-4-8(10(15)16)5-13(6-9)3-2-11/h8-9H,2-6,11H2,1H3,(H,12,14)(H,15,16). The number of carbonyl (C=O) groups excluding carboxylic acids is 1. The molecule has 16 heavy (non-hydrogen) atoms. The number of nitrogens with one attached hydrogen (secondary N) is 1. The van der Waals surface area contributed by atoms with Gasteiger partial charge in [-0.25, -0.2) is 0 Å². The molecule has 1 aliphatic heterocycles. The zero-order chi connectivity index (χ0) is 12.1. The highest BCUT2D eigenvalue weighted by Crippen LogP contribution is 2.16. The third kappa shape index (κ3) is 3.79. The normalized spacial score (nSPS) is 26.4. The second kappa shape index (κ2) is 5.81. The van der Waals surface area contributed by atoms with Gasteiger partial charge in [0.05, 0.1) is 5.92 Å². The van der Waals surface area contributed by atoms with Crippen molar-refractivity contribution >= 4 is 11.9 Å². The van der Waals surface area contributed by atoms with Crippen LogP contribution in [0.5, 0.6) is 0 Å². The van der Waals surface area contributed by atoms with Gasteiger partial charge in [-0.05, 0) is 6.42 Å². The molecule has 2 unspecified atom stereocenters. The topological polar surface area (TPSA) is 95.7 Å². The lowest BCUT2D eigenvalue weighted by Gasteiger charge is -2.36. The van der Waals surface area contributed by atoms with E-state index in [0.717, 1.165) is 0 Å². The maximum Gasteiger partial charge on any atom is 0.307 e. The van der Waals surface area contributed by atoms with Gasteiger partial charge >= 0.3 is 5.97 Å². The number of carboxylic acid groups (broad SMARTS) is 1. The van der Waals surface area contributed by atoms with Gasteiger partial charge in [-0.1, -0.05) is 0 Å². The molecule has 1 heterocycles. The molecule has 6 nitrogen and oxygen atoms in total. The van der Waals surface area contributed by atoms with Gasteiger partial charge in [-0.15, -0.1) is 0 Å². The highest BCUT2D eigenvalue weighted by Gasteiger charge is 2.31. The highest BCUT2D eigenvalue weighted by molar-refractivity contribution is 5.74. The molecular formula is C10H19N3O3. The monoisotopic (exact) mass is 229 g/mol. The van der Waals surface area contributed by atoms with Crippen molar-refractivity contribution in [3.05, 3.63) is 0 Å². The van der Waals surface area contributed by atoms with E-state index < -0.39 is 11.9 Å². The number of hydrogen-bond donors (Lipinski definition) is 3. The van der Waals surface area contributed by atoms with Gasteiger partial charge in [0.2, 0.25) is 5.91 Å². The summed E-state index contributed by atoms with van der Waals surface area (Å²) >= 11 is 0. The van der Waals surface area contributed by atoms with Gasteiger partial charge < -0.3 is 16.2 Å². The molecule has 1 amide bonds. The fraction of sp³-hybridized carbons (Fsp3) is 0.800. The first-order valence-electron chi connectivity index (χ1n) is 5.45. The third-order valence-corrected chi connectivity index (χ3v) is 2.73. The highest BCUT2D eigenvalue weighted by atomic mass is 16.4. The molecule has 0 aromatic heterocycles. The van der Waals surface area contributed by atoms with Crippen LogP contribution in [0, 0.1) is 5.92 Å². The number of carboxylic acids is 1. The van der Waals surface area contributed by atoms with Crippen LogP contribution in [-0.2, 0) is 9.59 Å². The predicted octanol–water partition coefficient (Wildman–Crippen LogP) is -1.14. The van der Waals surface area contributed by atoms with Crippen LogP contribution in [0.4, 0.5) is 0 Å². The number of likely N-dealkylation sites (tertiary alicyclic amines) is 1. The average Bonchev–Trinajstić information content (AvgIpc) is 2.16. The van der Waals surface area contributed by atoms with E-state index in [4.69, 9.17) is 10.8 Å². The average molecular weight is 229 g/mol. The van der Waals surface area contributed by atoms with Crippen molar-refractivity contribution in [2.75, 3.05) is 26.2 Å². The second-order valence-corrected chi connectivity index (χ2v) is 4.22. The van der Waals surface area contributed by atoms with E-state index in [1.807, 2.05) is 4.90 Å². The Morgan fingerprint density at radius 1 is 1.50 bits per heavy atom. The molecule has 1 fully saturated rings. The smallest absolute Gasteiger partial charge is 0.307 e. The Balaban J connectivity index is 2.58. The van der Waals surface area contributed by atoms with E-state index in [-0.39, 0.29) is 11.9 Å². The lowest BCUT2D eigenvalue weighted by molar-refractivity contribution is -0.144. The molecule has 0 aromatic rings. The van der Waals surface area contributed by atoms with Crippen LogP contribution in [0.1, 0.15) is 13.3 Å². The number of aliphatic carboxylic acids is 1. The molecule has 6 heteroatoms. The van der Waals surface area contributed by atoms with Crippen molar-refractivity contribution < 1.29 is 14.7 Å². The molecule has 1 rings (SSSR count). The second-order valence-electron chi connectivity index (χ2n) is 4.22. The van der Waals surface area contributed by atoms with Crippen molar-refractivity contribution in [1.82, 2.24) is 10.2 Å². The first-order valence-corrected chi connectivity index (χ1v) is 5.45. The summed E-state index contributed by atoms with van der Waals surface area (Å²) < 4.78 is 0. The molecule has 0 bridgehead atoms. The lowest BCUT2D eigenvalue weighted by Crippen LogP contribution is -2.52. The van der Waals surface area contributed by atoms with Crippen LogP contribution in [0.25, 0.3) is 0 Å². The summed E-state index contributed by atoms with van der Waals surface area (Å²) in [6.45, 7) is 3.81. The number of piperidine rings is 1. The largest absolute Gasteiger partial charge is 0.481 e. The Kier molecular flexibility index (Phi) is 4.70. The Morgan fingerprint density at radius 3 is 2.69 bits per heavy atom. The quantitative estimate of drug-likeness (QED) is 0.566. The van der Waals surface area contributed by atoms with E-state index in [1.165, 1.54) is 6.92 Å². The molecule has 4 N–H and O–H groups in total. The van der Waals surface area contributed by atoms with Crippen LogP contribution >= 0.6 is 0 Å². The Hall–Kier alpha value is -1.14. The van der Waals surface area contributed by atoms with Crippen LogP contribution in [-0.4, -0.2) is 54.1 Å². The van der Waals surface area contributed by atoms with Crippen molar-refractivity contribution in [2.45, 2.75) is 19.4 Å². The fourth-order valence-corrected chi connectivity index (χ4v) is 2.13. The third-order valence-electron chi connectivity index (χ3n) is 2.73. The lowest BCUT2D eigenvalue weighted by atomic mass is 9.94. The number of amides is 1. The minimum atomic E-state index is -0.808. The van der Waals surface area contributed by atoms with E-state index in [2.05, 4.69) is 5.32 Å². The maximum absolute atomic E-state index is 11.0. The fourth-order valence-electron chi connectivity index (χ4n) is 2.13. The van der Waals surface area contributed by atoms with Crippen LogP contribution in [0.2, 0.25) is 0 Å². The molecule has 92 valence electrons. The van der Waals surface area contributed by atoms with Crippen LogP contribution in [0.3, 0.4) is 0 Å². The molecule has 0 radical (unpaired) electrons. The van der Waals surface area contributed by atoms with Crippen LogP contribution in [0.15, 0.2) is 0 Å². The molecular weight excluding hydrogens is 210 g/mol. The minimum absolute atomic E-state index is 0.0844. The summed E-state index contributed by atoms with van der Waals surface area (Å²) in [5.41, 5.74) is 5.45. The van der Waals surface area contributed by atoms with Crippen molar-refractivity contribution in [2.24, 2.45) is 11.7 Å². The summed E-state index contributed by atoms with van der Waals surface area (Å²) in [7, 11) is 0. The molecule has 0 saturated carbocycles. The van der Waals surface area contributed by atoms with Crippen molar-refractivity contribution in [3.8, 4) is 0 Å². The molecule has 1 aliphatic rings. The Morgan fingerprint density at radius 2 is 2.19 bits per heavy atom. The van der Waals surface area contributed by atoms with Crippen molar-refractivity contribution in [1.29, 1.82) is 0 Å². The van der Waals surface area contributed by atoms with E-state index in [0.29, 0.717) is 32.6 Å². The summed E-state index contributed by atoms with van der Waals surface area (Å²) in [4.78, 5) is 23.9. The molecule has 0 spiro atoms. The number of nitrogens with zero attached hydrogens (tertiary/aromatic N) is 1. The summed E-state index contributed by atoms with van der Waals surface area (Å²) in [6, 6.07) is -0.0844. The van der Waals surface area contributed by atoms with Gasteiger partial charge in [0.1, 0.15) is 0 Å². The van der Waals surface area contributed by atoms with Gasteiger partial charge in [0.15, 0.2) is 0 Å². The number of hydrogen-bond acceptors (Lipinski definition) is 4. The first-order chi connectivity index (χ1) is 7.52. The first kappa shape index (κ1) is 12.9. The zero-order valence-electron chi connectivity index (χ0n) is 9.48. The summed E-state index contributed by atoms with van der Waals surface area (Å²) in [6.07, 6.45) is 0.496. The molecule has 2 atom stereocenters. The van der Waals surface area contributed by atoms with Gasteiger partial charge in [0, 0.05) is 39.1 Å². The molecule has 0 aliphatic carbocycles. The number of carbonyl (C=O) groups is 2. The Bertz CT molecular complexity index is 270. The summed E-state index contributed by atoms with van der Waals surface area (Å²) in [5, 5.41) is 11.8. The summed E-state index contributed by atoms with van der Waals surface area (Å²) in [5.74, 6) is -1.35. The zero-order valence-corrected chi connectivity index (χ0v) is 9.48. The molecule has 1 saturated heterocycles. The van der Waals surface area contributed by atoms with E-state index in [1.54, 1.807) is 0 Å². The maximum atomic E-state index is 11.0. The number of rotatable bonds is 4. The van der Waals surface area contributed by atoms with Gasteiger partial charge in [-0.3, -0.25) is 14.5 Å². The van der Waals surface area contributed by atoms with E-state index >= 15 is 0 Å². The van der Waals surface area contributed by atoms with Crippen molar-refractivity contribution in [3.63, 3.8) is 0 Å².